The van der Waals surface area contributed by atoms with Crippen molar-refractivity contribution in [3.63, 3.8) is 0 Å². The minimum absolute atomic E-state index is 0.0542. The lowest BCUT2D eigenvalue weighted by atomic mass is 10.1. The molecule has 0 aliphatic carbocycles. The number of nitrogens with one attached hydrogen (secondary N) is 1. The molecule has 0 amide bonds. The number of nitro benzene ring substituents is 1. The van der Waals surface area contributed by atoms with Crippen LogP contribution in [0, 0.1) is 10.1 Å². The molecule has 0 unspecified atom stereocenters. The van der Waals surface area contributed by atoms with E-state index in [1.807, 2.05) is 37.3 Å². The van der Waals surface area contributed by atoms with Crippen LogP contribution in [0.15, 0.2) is 60.0 Å². The third kappa shape index (κ3) is 4.81. The summed E-state index contributed by atoms with van der Waals surface area (Å²) in [4.78, 5) is 15.6. The zero-order valence-corrected chi connectivity index (χ0v) is 16.5. The molecule has 9 heteroatoms. The number of hydrogen-bond acceptors (Lipinski definition) is 6. The number of thiazole rings is 1. The normalized spacial score (nSPS) is 11.6. The van der Waals surface area contributed by atoms with Gasteiger partial charge in [0.15, 0.2) is 5.13 Å². The second kappa shape index (κ2) is 8.32. The maximum atomic E-state index is 12.4. The van der Waals surface area contributed by atoms with Crippen LogP contribution in [0.5, 0.6) is 0 Å². The molecule has 28 heavy (non-hydrogen) atoms. The summed E-state index contributed by atoms with van der Waals surface area (Å²) in [6.45, 7) is 1.99. The van der Waals surface area contributed by atoms with Crippen LogP contribution in [0.25, 0.3) is 17.3 Å². The third-order valence-corrected chi connectivity index (χ3v) is 6.06. The molecule has 0 bridgehead atoms. The van der Waals surface area contributed by atoms with E-state index in [1.54, 1.807) is 0 Å². The molecule has 0 aliphatic heterocycles. The average Bonchev–Trinajstić information content (AvgIpc) is 3.09. The van der Waals surface area contributed by atoms with Crippen LogP contribution in [0.2, 0.25) is 0 Å². The number of non-ortho nitro benzene ring substituents is 1. The second-order valence-corrected chi connectivity index (χ2v) is 8.46. The molecule has 0 aliphatic rings. The Morgan fingerprint density at radius 2 is 1.82 bits per heavy atom. The van der Waals surface area contributed by atoms with Gasteiger partial charge in [-0.15, -0.1) is 11.3 Å². The highest BCUT2D eigenvalue weighted by atomic mass is 32.2. The summed E-state index contributed by atoms with van der Waals surface area (Å²) in [7, 11) is -3.77. The number of sulfonamides is 1. The summed E-state index contributed by atoms with van der Waals surface area (Å²) >= 11 is 1.30. The standard InChI is InChI=1S/C19H17N3O4S2/c1-2-17-18(15-6-4-3-5-7-15)20-19(27-17)21-28(25,26)13-12-14-8-10-16(11-9-14)22(23)24/h3-13H,2H2,1H3,(H,20,21)/b13-12+. The summed E-state index contributed by atoms with van der Waals surface area (Å²) in [5, 5.41) is 12.0. The number of hydrogen-bond donors (Lipinski definition) is 1. The molecular formula is C19H17N3O4S2. The molecule has 0 saturated heterocycles. The van der Waals surface area contributed by atoms with Gasteiger partial charge in [0.2, 0.25) is 0 Å². The smallest absolute Gasteiger partial charge is 0.258 e. The first-order chi connectivity index (χ1) is 13.4. The Morgan fingerprint density at radius 1 is 1.14 bits per heavy atom. The molecule has 1 aromatic heterocycles. The van der Waals surface area contributed by atoms with Gasteiger partial charge in [-0.25, -0.2) is 13.4 Å². The monoisotopic (exact) mass is 415 g/mol. The Bertz CT molecular complexity index is 1110. The van der Waals surface area contributed by atoms with E-state index in [-0.39, 0.29) is 5.69 Å². The minimum atomic E-state index is -3.77. The molecular weight excluding hydrogens is 398 g/mol. The van der Waals surface area contributed by atoms with Gasteiger partial charge in [0.25, 0.3) is 15.7 Å². The van der Waals surface area contributed by atoms with Crippen molar-refractivity contribution in [3.05, 3.63) is 80.6 Å². The van der Waals surface area contributed by atoms with Crippen molar-refractivity contribution in [1.82, 2.24) is 4.98 Å². The quantitative estimate of drug-likeness (QED) is 0.445. The molecule has 7 nitrogen and oxygen atoms in total. The van der Waals surface area contributed by atoms with E-state index in [1.165, 1.54) is 41.7 Å². The van der Waals surface area contributed by atoms with Crippen molar-refractivity contribution < 1.29 is 13.3 Å². The highest BCUT2D eigenvalue weighted by molar-refractivity contribution is 7.95. The topological polar surface area (TPSA) is 102 Å². The Hall–Kier alpha value is -3.04. The molecule has 144 valence electrons. The average molecular weight is 415 g/mol. The zero-order chi connectivity index (χ0) is 20.1. The first-order valence-electron chi connectivity index (χ1n) is 8.38. The zero-order valence-electron chi connectivity index (χ0n) is 14.9. The molecule has 0 atom stereocenters. The Labute approximate surface area is 166 Å². The largest absolute Gasteiger partial charge is 0.269 e. The fraction of sp³-hybridized carbons (Fsp3) is 0.105. The van der Waals surface area contributed by atoms with Gasteiger partial charge in [0.1, 0.15) is 0 Å². The molecule has 3 rings (SSSR count). The van der Waals surface area contributed by atoms with Crippen LogP contribution in [-0.2, 0) is 16.4 Å². The van der Waals surface area contributed by atoms with Gasteiger partial charge in [-0.3, -0.25) is 14.8 Å². The number of rotatable bonds is 7. The highest BCUT2D eigenvalue weighted by Gasteiger charge is 2.15. The van der Waals surface area contributed by atoms with Gasteiger partial charge in [-0.1, -0.05) is 37.3 Å². The van der Waals surface area contributed by atoms with Gasteiger partial charge >= 0.3 is 0 Å². The lowest BCUT2D eigenvalue weighted by Gasteiger charge is -2.00. The fourth-order valence-electron chi connectivity index (χ4n) is 2.49. The van der Waals surface area contributed by atoms with E-state index < -0.39 is 14.9 Å². The van der Waals surface area contributed by atoms with Crippen LogP contribution < -0.4 is 4.72 Å². The Balaban J connectivity index is 1.78. The molecule has 0 saturated carbocycles. The maximum Gasteiger partial charge on any atom is 0.269 e. The van der Waals surface area contributed by atoms with Crippen LogP contribution in [0.3, 0.4) is 0 Å². The van der Waals surface area contributed by atoms with Crippen LogP contribution >= 0.6 is 11.3 Å². The first kappa shape index (κ1) is 19.7. The molecule has 0 fully saturated rings. The SMILES string of the molecule is CCc1sc(NS(=O)(=O)/C=C/c2ccc([N+](=O)[O-])cc2)nc1-c1ccccc1. The molecule has 1 N–H and O–H groups in total. The van der Waals surface area contributed by atoms with Crippen molar-refractivity contribution in [2.45, 2.75) is 13.3 Å². The summed E-state index contributed by atoms with van der Waals surface area (Å²) in [5.74, 6) is 0. The molecule has 2 aromatic carbocycles. The number of aromatic nitrogens is 1. The van der Waals surface area contributed by atoms with Crippen molar-refractivity contribution in [1.29, 1.82) is 0 Å². The van der Waals surface area contributed by atoms with Crippen molar-refractivity contribution in [2.75, 3.05) is 4.72 Å². The molecule has 3 aromatic rings. The highest BCUT2D eigenvalue weighted by Crippen LogP contribution is 2.32. The fourth-order valence-corrected chi connectivity index (χ4v) is 4.47. The van der Waals surface area contributed by atoms with Crippen molar-refractivity contribution in [2.24, 2.45) is 0 Å². The Morgan fingerprint density at radius 3 is 2.43 bits per heavy atom. The summed E-state index contributed by atoms with van der Waals surface area (Å²) < 4.78 is 27.2. The minimum Gasteiger partial charge on any atom is -0.258 e. The number of nitro groups is 1. The predicted octanol–water partition coefficient (Wildman–Crippen LogP) is 4.69. The van der Waals surface area contributed by atoms with E-state index >= 15 is 0 Å². The van der Waals surface area contributed by atoms with E-state index in [0.717, 1.165) is 28.0 Å². The van der Waals surface area contributed by atoms with Crippen LogP contribution in [0.4, 0.5) is 10.8 Å². The summed E-state index contributed by atoms with van der Waals surface area (Å²) in [6, 6.07) is 15.2. The maximum absolute atomic E-state index is 12.4. The summed E-state index contributed by atoms with van der Waals surface area (Å²) in [6.07, 6.45) is 2.11. The number of anilines is 1. The lowest BCUT2D eigenvalue weighted by Crippen LogP contribution is -2.08. The number of benzene rings is 2. The molecule has 1 heterocycles. The van der Waals surface area contributed by atoms with E-state index in [2.05, 4.69) is 9.71 Å². The van der Waals surface area contributed by atoms with Crippen molar-refractivity contribution in [3.8, 4) is 11.3 Å². The van der Waals surface area contributed by atoms with Gasteiger partial charge < -0.3 is 0 Å². The van der Waals surface area contributed by atoms with E-state index in [9.17, 15) is 18.5 Å². The summed E-state index contributed by atoms with van der Waals surface area (Å²) in [5.41, 5.74) is 2.18. The second-order valence-electron chi connectivity index (χ2n) is 5.81. The predicted molar refractivity (Wildman–Crippen MR) is 112 cm³/mol. The first-order valence-corrected chi connectivity index (χ1v) is 10.7. The van der Waals surface area contributed by atoms with Gasteiger partial charge in [-0.2, -0.15) is 0 Å². The lowest BCUT2D eigenvalue weighted by molar-refractivity contribution is -0.384. The van der Waals surface area contributed by atoms with Gasteiger partial charge in [0, 0.05) is 22.6 Å². The van der Waals surface area contributed by atoms with Crippen molar-refractivity contribution >= 4 is 38.3 Å². The number of aryl methyl sites for hydroxylation is 1. The third-order valence-electron chi connectivity index (χ3n) is 3.84. The number of nitrogens with zero attached hydrogens (tertiary/aromatic N) is 2. The molecule has 0 spiro atoms. The van der Waals surface area contributed by atoms with Crippen LogP contribution in [0.1, 0.15) is 17.4 Å². The van der Waals surface area contributed by atoms with E-state index in [0.29, 0.717) is 10.7 Å². The van der Waals surface area contributed by atoms with E-state index in [4.69, 9.17) is 0 Å². The Kier molecular flexibility index (Phi) is 5.86. The van der Waals surface area contributed by atoms with Gasteiger partial charge in [0.05, 0.1) is 16.0 Å². The molecule has 0 radical (unpaired) electrons. The van der Waals surface area contributed by atoms with Crippen LogP contribution in [-0.4, -0.2) is 18.3 Å². The van der Waals surface area contributed by atoms with Gasteiger partial charge in [-0.05, 0) is 30.2 Å².